The summed E-state index contributed by atoms with van der Waals surface area (Å²) >= 11 is 0. The molecule has 3 aromatic rings. The topological polar surface area (TPSA) is 89.3 Å². The van der Waals surface area contributed by atoms with Gasteiger partial charge in [-0.1, -0.05) is 23.4 Å². The highest BCUT2D eigenvalue weighted by atomic mass is 19.1. The normalized spacial score (nSPS) is 13.0. The lowest BCUT2D eigenvalue weighted by Crippen LogP contribution is -2.26. The third-order valence-electron chi connectivity index (χ3n) is 4.48. The van der Waals surface area contributed by atoms with Gasteiger partial charge in [0.2, 0.25) is 11.7 Å². The first-order chi connectivity index (χ1) is 13.9. The zero-order chi connectivity index (χ0) is 21.0. The van der Waals surface area contributed by atoms with Crippen molar-refractivity contribution in [3.63, 3.8) is 0 Å². The summed E-state index contributed by atoms with van der Waals surface area (Å²) in [5.74, 6) is 0.136. The first-order valence-electron chi connectivity index (χ1n) is 9.17. The van der Waals surface area contributed by atoms with Crippen LogP contribution in [0.15, 0.2) is 47.0 Å². The minimum absolute atomic E-state index is 0.232. The SMILES string of the molecule is COC(C)C(=O)Nc1cccc(NC(C)c2nc(-c3ccc(C)c(F)c3)no2)c1. The van der Waals surface area contributed by atoms with E-state index in [4.69, 9.17) is 9.26 Å². The molecule has 0 aliphatic heterocycles. The zero-order valence-corrected chi connectivity index (χ0v) is 16.7. The lowest BCUT2D eigenvalue weighted by atomic mass is 10.1. The number of nitrogens with zero attached hydrogens (tertiary/aromatic N) is 2. The number of carbonyl (C=O) groups is 1. The van der Waals surface area contributed by atoms with Gasteiger partial charge in [-0.15, -0.1) is 0 Å². The van der Waals surface area contributed by atoms with E-state index >= 15 is 0 Å². The summed E-state index contributed by atoms with van der Waals surface area (Å²) < 4.78 is 24.1. The Bertz CT molecular complexity index is 1010. The first kappa shape index (κ1) is 20.5. The molecule has 0 aliphatic carbocycles. The Labute approximate surface area is 168 Å². The fraction of sp³-hybridized carbons (Fsp3) is 0.286. The monoisotopic (exact) mass is 398 g/mol. The minimum atomic E-state index is -0.547. The van der Waals surface area contributed by atoms with Crippen LogP contribution in [0.25, 0.3) is 11.4 Å². The molecule has 3 rings (SSSR count). The Balaban J connectivity index is 1.70. The van der Waals surface area contributed by atoms with Gasteiger partial charge < -0.3 is 19.9 Å². The van der Waals surface area contributed by atoms with Crippen LogP contribution in [-0.4, -0.2) is 29.3 Å². The number of halogens is 1. The second-order valence-electron chi connectivity index (χ2n) is 6.73. The minimum Gasteiger partial charge on any atom is -0.374 e. The number of aromatic nitrogens is 2. The van der Waals surface area contributed by atoms with Crippen molar-refractivity contribution in [1.29, 1.82) is 0 Å². The molecule has 0 saturated heterocycles. The van der Waals surface area contributed by atoms with Crippen molar-refractivity contribution in [3.05, 3.63) is 59.7 Å². The van der Waals surface area contributed by atoms with Crippen LogP contribution in [0.2, 0.25) is 0 Å². The maximum absolute atomic E-state index is 13.8. The molecule has 0 spiro atoms. The highest BCUT2D eigenvalue weighted by Gasteiger charge is 2.17. The highest BCUT2D eigenvalue weighted by molar-refractivity contribution is 5.94. The van der Waals surface area contributed by atoms with Crippen LogP contribution in [-0.2, 0) is 9.53 Å². The average molecular weight is 398 g/mol. The second kappa shape index (κ2) is 8.83. The van der Waals surface area contributed by atoms with E-state index in [1.807, 2.05) is 19.1 Å². The molecule has 29 heavy (non-hydrogen) atoms. The molecule has 7 nitrogen and oxygen atoms in total. The standard InChI is InChI=1S/C21H23FN4O3/c1-12-8-9-15(10-18(12)22)19-25-21(29-26-19)13(2)23-16-6-5-7-17(11-16)24-20(27)14(3)28-4/h5-11,13-14,23H,1-4H3,(H,24,27). The van der Waals surface area contributed by atoms with Gasteiger partial charge in [0, 0.05) is 24.0 Å². The summed E-state index contributed by atoms with van der Waals surface area (Å²) in [5, 5.41) is 9.98. The maximum atomic E-state index is 13.8. The molecule has 2 N–H and O–H groups in total. The smallest absolute Gasteiger partial charge is 0.253 e. The third-order valence-corrected chi connectivity index (χ3v) is 4.48. The van der Waals surface area contributed by atoms with Crippen LogP contribution in [0.5, 0.6) is 0 Å². The number of hydrogen-bond donors (Lipinski definition) is 2. The number of benzene rings is 2. The van der Waals surface area contributed by atoms with Gasteiger partial charge in [0.25, 0.3) is 5.91 Å². The van der Waals surface area contributed by atoms with Crippen molar-refractivity contribution in [2.75, 3.05) is 17.7 Å². The molecule has 2 unspecified atom stereocenters. The first-order valence-corrected chi connectivity index (χ1v) is 9.17. The average Bonchev–Trinajstić information content (AvgIpc) is 3.20. The van der Waals surface area contributed by atoms with E-state index in [2.05, 4.69) is 20.8 Å². The number of aryl methyl sites for hydroxylation is 1. The maximum Gasteiger partial charge on any atom is 0.253 e. The van der Waals surface area contributed by atoms with Crippen molar-refractivity contribution in [2.24, 2.45) is 0 Å². The Kier molecular flexibility index (Phi) is 6.23. The molecule has 1 aromatic heterocycles. The predicted octanol–water partition coefficient (Wildman–Crippen LogP) is 4.33. The molecule has 8 heteroatoms. The summed E-state index contributed by atoms with van der Waals surface area (Å²) in [6.45, 7) is 5.23. The lowest BCUT2D eigenvalue weighted by Gasteiger charge is -2.14. The lowest BCUT2D eigenvalue weighted by molar-refractivity contribution is -0.124. The van der Waals surface area contributed by atoms with E-state index in [0.29, 0.717) is 28.5 Å². The summed E-state index contributed by atoms with van der Waals surface area (Å²) in [6, 6.07) is 11.8. The summed E-state index contributed by atoms with van der Waals surface area (Å²) in [7, 11) is 1.48. The molecule has 0 radical (unpaired) electrons. The molecule has 1 heterocycles. The van der Waals surface area contributed by atoms with Gasteiger partial charge in [-0.05, 0) is 50.6 Å². The number of rotatable bonds is 7. The zero-order valence-electron chi connectivity index (χ0n) is 16.7. The van der Waals surface area contributed by atoms with Crippen LogP contribution >= 0.6 is 0 Å². The van der Waals surface area contributed by atoms with Gasteiger partial charge in [-0.3, -0.25) is 4.79 Å². The number of hydrogen-bond acceptors (Lipinski definition) is 6. The van der Waals surface area contributed by atoms with Crippen LogP contribution in [0.4, 0.5) is 15.8 Å². The molecular formula is C21H23FN4O3. The Morgan fingerprint density at radius 3 is 2.66 bits per heavy atom. The Hall–Kier alpha value is -3.26. The number of carbonyl (C=O) groups excluding carboxylic acids is 1. The number of methoxy groups -OCH3 is 1. The van der Waals surface area contributed by atoms with Gasteiger partial charge in [0.05, 0.1) is 0 Å². The molecule has 2 atom stereocenters. The van der Waals surface area contributed by atoms with Gasteiger partial charge in [0.15, 0.2) is 0 Å². The van der Waals surface area contributed by atoms with E-state index in [1.54, 1.807) is 38.1 Å². The largest absolute Gasteiger partial charge is 0.374 e. The molecule has 0 fully saturated rings. The van der Waals surface area contributed by atoms with Crippen LogP contribution < -0.4 is 10.6 Å². The Morgan fingerprint density at radius 1 is 1.17 bits per heavy atom. The van der Waals surface area contributed by atoms with Crippen LogP contribution in [0.3, 0.4) is 0 Å². The summed E-state index contributed by atoms with van der Waals surface area (Å²) in [4.78, 5) is 16.3. The second-order valence-corrected chi connectivity index (χ2v) is 6.73. The Morgan fingerprint density at radius 2 is 1.93 bits per heavy atom. The van der Waals surface area contributed by atoms with E-state index in [1.165, 1.54) is 13.2 Å². The van der Waals surface area contributed by atoms with Gasteiger partial charge in [-0.25, -0.2) is 4.39 Å². The fourth-order valence-corrected chi connectivity index (χ4v) is 2.61. The molecule has 152 valence electrons. The highest BCUT2D eigenvalue weighted by Crippen LogP contribution is 2.24. The molecule has 0 bridgehead atoms. The summed E-state index contributed by atoms with van der Waals surface area (Å²) in [5.41, 5.74) is 2.51. The number of ether oxygens (including phenoxy) is 1. The number of amides is 1. The molecule has 0 saturated carbocycles. The van der Waals surface area contributed by atoms with Crippen molar-refractivity contribution < 1.29 is 18.4 Å². The predicted molar refractivity (Wildman–Crippen MR) is 108 cm³/mol. The van der Waals surface area contributed by atoms with Crippen molar-refractivity contribution >= 4 is 17.3 Å². The van der Waals surface area contributed by atoms with Crippen molar-refractivity contribution in [1.82, 2.24) is 10.1 Å². The van der Waals surface area contributed by atoms with Crippen molar-refractivity contribution in [3.8, 4) is 11.4 Å². The molecule has 2 aromatic carbocycles. The van der Waals surface area contributed by atoms with Crippen LogP contribution in [0, 0.1) is 12.7 Å². The number of nitrogens with one attached hydrogen (secondary N) is 2. The molecular weight excluding hydrogens is 375 g/mol. The van der Waals surface area contributed by atoms with Gasteiger partial charge in [-0.2, -0.15) is 4.98 Å². The van der Waals surface area contributed by atoms with Gasteiger partial charge in [0.1, 0.15) is 18.0 Å². The van der Waals surface area contributed by atoms with Crippen LogP contribution in [0.1, 0.15) is 31.3 Å². The van der Waals surface area contributed by atoms with E-state index < -0.39 is 6.10 Å². The van der Waals surface area contributed by atoms with E-state index in [0.717, 1.165) is 5.69 Å². The van der Waals surface area contributed by atoms with E-state index in [-0.39, 0.29) is 17.8 Å². The quantitative estimate of drug-likeness (QED) is 0.616. The van der Waals surface area contributed by atoms with Crippen molar-refractivity contribution in [2.45, 2.75) is 32.9 Å². The van der Waals surface area contributed by atoms with E-state index in [9.17, 15) is 9.18 Å². The number of anilines is 2. The fourth-order valence-electron chi connectivity index (χ4n) is 2.61. The third kappa shape index (κ3) is 4.97. The summed E-state index contributed by atoms with van der Waals surface area (Å²) in [6.07, 6.45) is -0.547. The van der Waals surface area contributed by atoms with Gasteiger partial charge >= 0.3 is 0 Å². The molecule has 1 amide bonds. The molecule has 0 aliphatic rings.